The normalized spacial score (nSPS) is 14.4. The average molecular weight is 295 g/mol. The van der Waals surface area contributed by atoms with Crippen molar-refractivity contribution in [2.45, 2.75) is 0 Å². The molecule has 0 spiro atoms. The molecule has 0 fully saturated rings. The van der Waals surface area contributed by atoms with Gasteiger partial charge in [-0.1, -0.05) is 12.1 Å². The van der Waals surface area contributed by atoms with Crippen molar-refractivity contribution in [3.63, 3.8) is 0 Å². The Labute approximate surface area is 129 Å². The largest absolute Gasteiger partial charge is 1.00 e. The number of hydrogen-bond donors (Lipinski definition) is 0. The van der Waals surface area contributed by atoms with Crippen molar-refractivity contribution in [2.75, 3.05) is 5.88 Å². The molecule has 6 nitrogen and oxygen atoms in total. The summed E-state index contributed by atoms with van der Waals surface area (Å²) in [6.45, 7) is 0. The minimum atomic E-state index is -4.53. The van der Waals surface area contributed by atoms with Crippen LogP contribution in [0.25, 0.3) is 0 Å². The molecule has 18 heavy (non-hydrogen) atoms. The zero-order valence-electron chi connectivity index (χ0n) is 9.32. The standard InChI is InChI=1S/C9H7NO5S2.Na/c11-8-6-3-1-2-4-7(6)9(12)10(8)5-16-17(13,14)15;/h1-4H,5H2,(H,13,14,15);/q;+1/p-1. The minimum absolute atomic E-state index is 0. The van der Waals surface area contributed by atoms with Crippen LogP contribution in [0.4, 0.5) is 0 Å². The molecule has 0 saturated carbocycles. The van der Waals surface area contributed by atoms with Crippen LogP contribution in [-0.4, -0.2) is 35.6 Å². The molecule has 2 amide bonds. The van der Waals surface area contributed by atoms with Crippen molar-refractivity contribution in [2.24, 2.45) is 0 Å². The summed E-state index contributed by atoms with van der Waals surface area (Å²) in [6, 6.07) is 6.16. The first-order chi connectivity index (χ1) is 7.90. The summed E-state index contributed by atoms with van der Waals surface area (Å²) in [5, 5.41) is 0. The van der Waals surface area contributed by atoms with Gasteiger partial charge in [0.15, 0.2) is 9.15 Å². The first-order valence-electron chi connectivity index (χ1n) is 4.45. The molecule has 2 rings (SSSR count). The molecule has 1 aromatic carbocycles. The van der Waals surface area contributed by atoms with E-state index in [4.69, 9.17) is 0 Å². The SMILES string of the molecule is O=C1c2ccccc2C(=O)N1CSS(=O)(=O)[O-].[Na+]. The summed E-state index contributed by atoms with van der Waals surface area (Å²) in [4.78, 5) is 24.2. The molecule has 0 radical (unpaired) electrons. The van der Waals surface area contributed by atoms with Crippen LogP contribution in [0.5, 0.6) is 0 Å². The van der Waals surface area contributed by atoms with E-state index in [0.29, 0.717) is 0 Å². The number of nitrogens with zero attached hydrogens (tertiary/aromatic N) is 1. The zero-order valence-corrected chi connectivity index (χ0v) is 13.0. The van der Waals surface area contributed by atoms with Gasteiger partial charge < -0.3 is 4.55 Å². The van der Waals surface area contributed by atoms with E-state index < -0.39 is 26.8 Å². The van der Waals surface area contributed by atoms with Crippen molar-refractivity contribution in [3.8, 4) is 0 Å². The summed E-state index contributed by atoms with van der Waals surface area (Å²) in [5.41, 5.74) is 0.447. The van der Waals surface area contributed by atoms with Crippen LogP contribution in [0, 0.1) is 0 Å². The minimum Gasteiger partial charge on any atom is -0.739 e. The van der Waals surface area contributed by atoms with Crippen molar-refractivity contribution in [1.82, 2.24) is 4.90 Å². The van der Waals surface area contributed by atoms with Gasteiger partial charge in [-0.05, 0) is 22.9 Å². The van der Waals surface area contributed by atoms with Gasteiger partial charge in [-0.3, -0.25) is 14.5 Å². The Morgan fingerprint density at radius 3 is 1.94 bits per heavy atom. The molecule has 9 heteroatoms. The van der Waals surface area contributed by atoms with E-state index in [1.54, 1.807) is 12.1 Å². The van der Waals surface area contributed by atoms with Crippen LogP contribution in [-0.2, 0) is 9.15 Å². The van der Waals surface area contributed by atoms with Gasteiger partial charge in [0, 0.05) is 0 Å². The number of benzene rings is 1. The molecule has 0 saturated heterocycles. The van der Waals surface area contributed by atoms with Crippen LogP contribution < -0.4 is 29.6 Å². The number of imide groups is 1. The number of rotatable bonds is 3. The Balaban J connectivity index is 0.00000162. The van der Waals surface area contributed by atoms with Crippen molar-refractivity contribution < 1.29 is 52.1 Å². The number of amides is 2. The van der Waals surface area contributed by atoms with Crippen LogP contribution >= 0.6 is 10.8 Å². The monoisotopic (exact) mass is 295 g/mol. The van der Waals surface area contributed by atoms with E-state index in [-0.39, 0.29) is 51.5 Å². The fourth-order valence-corrected chi connectivity index (χ4v) is 2.65. The molecule has 0 aromatic heterocycles. The van der Waals surface area contributed by atoms with Crippen molar-refractivity contribution >= 4 is 31.8 Å². The number of hydrogen-bond acceptors (Lipinski definition) is 6. The summed E-state index contributed by atoms with van der Waals surface area (Å²) in [6.07, 6.45) is 0. The summed E-state index contributed by atoms with van der Waals surface area (Å²) in [7, 11) is -4.52. The molecule has 0 N–H and O–H groups in total. The predicted octanol–water partition coefficient (Wildman–Crippen LogP) is -2.56. The topological polar surface area (TPSA) is 94.6 Å². The maximum atomic E-state index is 11.7. The van der Waals surface area contributed by atoms with Crippen molar-refractivity contribution in [1.29, 1.82) is 0 Å². The van der Waals surface area contributed by atoms with E-state index in [9.17, 15) is 22.6 Å². The number of fused-ring (bicyclic) bond motifs is 1. The third-order valence-corrected chi connectivity index (χ3v) is 4.04. The summed E-state index contributed by atoms with van der Waals surface area (Å²) >= 11 is 0. The molecule has 0 unspecified atom stereocenters. The molecular formula is C9H6NNaO5S2. The molecule has 1 heterocycles. The van der Waals surface area contributed by atoms with Gasteiger partial charge in [-0.25, -0.2) is 8.42 Å². The van der Waals surface area contributed by atoms with E-state index in [1.165, 1.54) is 12.1 Å². The second-order valence-corrected chi connectivity index (χ2v) is 6.48. The number of carbonyl (C=O) groups is 2. The quantitative estimate of drug-likeness (QED) is 0.263. The van der Waals surface area contributed by atoms with E-state index in [2.05, 4.69) is 0 Å². The molecule has 0 bridgehead atoms. The second kappa shape index (κ2) is 5.72. The molecule has 0 atom stereocenters. The Morgan fingerprint density at radius 2 is 1.56 bits per heavy atom. The summed E-state index contributed by atoms with van der Waals surface area (Å²) in [5.74, 6) is -1.65. The second-order valence-electron chi connectivity index (χ2n) is 3.24. The molecule has 1 aromatic rings. The molecular weight excluding hydrogens is 289 g/mol. The Kier molecular flexibility index (Phi) is 4.98. The molecule has 1 aliphatic heterocycles. The smallest absolute Gasteiger partial charge is 0.739 e. The maximum absolute atomic E-state index is 11.7. The Hall–Kier alpha value is -0.380. The van der Waals surface area contributed by atoms with Crippen LogP contribution in [0.2, 0.25) is 0 Å². The van der Waals surface area contributed by atoms with E-state index >= 15 is 0 Å². The fourth-order valence-electron chi connectivity index (χ4n) is 1.47. The van der Waals surface area contributed by atoms with Gasteiger partial charge in [-0.2, -0.15) is 0 Å². The summed E-state index contributed by atoms with van der Waals surface area (Å²) < 4.78 is 31.3. The molecule has 90 valence electrons. The van der Waals surface area contributed by atoms with Gasteiger partial charge in [0.1, 0.15) is 0 Å². The molecule has 0 aliphatic carbocycles. The third kappa shape index (κ3) is 3.14. The maximum Gasteiger partial charge on any atom is 1.00 e. The van der Waals surface area contributed by atoms with Crippen LogP contribution in [0.3, 0.4) is 0 Å². The first-order valence-corrected chi connectivity index (χ1v) is 7.37. The van der Waals surface area contributed by atoms with E-state index in [1.807, 2.05) is 0 Å². The van der Waals surface area contributed by atoms with Gasteiger partial charge in [0.05, 0.1) is 17.0 Å². The molecule has 1 aliphatic rings. The predicted molar refractivity (Wildman–Crippen MR) is 59.1 cm³/mol. The number of carbonyl (C=O) groups excluding carboxylic acids is 2. The van der Waals surface area contributed by atoms with Gasteiger partial charge >= 0.3 is 29.6 Å². The van der Waals surface area contributed by atoms with Crippen LogP contribution in [0.15, 0.2) is 24.3 Å². The average Bonchev–Trinajstić information content (AvgIpc) is 2.49. The van der Waals surface area contributed by atoms with Crippen molar-refractivity contribution in [3.05, 3.63) is 35.4 Å². The fraction of sp³-hybridized carbons (Fsp3) is 0.111. The van der Waals surface area contributed by atoms with Gasteiger partial charge in [0.25, 0.3) is 11.8 Å². The van der Waals surface area contributed by atoms with Gasteiger partial charge in [0.2, 0.25) is 0 Å². The Morgan fingerprint density at radius 1 is 1.11 bits per heavy atom. The first kappa shape index (κ1) is 15.7. The zero-order chi connectivity index (χ0) is 12.6. The van der Waals surface area contributed by atoms with Gasteiger partial charge in [-0.15, -0.1) is 0 Å². The van der Waals surface area contributed by atoms with Crippen LogP contribution in [0.1, 0.15) is 20.7 Å². The third-order valence-electron chi connectivity index (χ3n) is 2.20. The Bertz CT molecular complexity index is 566. The van der Waals surface area contributed by atoms with E-state index in [0.717, 1.165) is 4.90 Å².